The minimum absolute atomic E-state index is 0.0185. The Labute approximate surface area is 489 Å². The summed E-state index contributed by atoms with van der Waals surface area (Å²) >= 11 is 0. The van der Waals surface area contributed by atoms with Crippen molar-refractivity contribution in [3.8, 4) is 5.75 Å². The molecule has 3 atom stereocenters. The van der Waals surface area contributed by atoms with Gasteiger partial charge in [0, 0.05) is 102 Å². The van der Waals surface area contributed by atoms with Crippen LogP contribution in [0.15, 0.2) is 54.7 Å². The third-order valence-corrected chi connectivity index (χ3v) is 20.2. The van der Waals surface area contributed by atoms with E-state index in [1.54, 1.807) is 35.2 Å². The summed E-state index contributed by atoms with van der Waals surface area (Å²) in [5.74, 6) is -7.38. The fourth-order valence-electron chi connectivity index (χ4n) is 10.8. The summed E-state index contributed by atoms with van der Waals surface area (Å²) in [6, 6.07) is 9.91. The van der Waals surface area contributed by atoms with Crippen molar-refractivity contribution >= 4 is 77.9 Å². The van der Waals surface area contributed by atoms with Crippen LogP contribution in [0.1, 0.15) is 94.4 Å². The summed E-state index contributed by atoms with van der Waals surface area (Å²) in [7, 11) is -3.68. The summed E-state index contributed by atoms with van der Waals surface area (Å²) in [5.41, 5.74) is 0.890. The van der Waals surface area contributed by atoms with Gasteiger partial charge in [0.25, 0.3) is 20.2 Å². The maximum absolute atomic E-state index is 17.1. The Morgan fingerprint density at radius 3 is 1.86 bits per heavy atom. The SMILES string of the molecule is [C-]#[N+][C@@H]1CCCN1C(=O)CNC(=O)c1ccnc2ccc(OCCCNC(=O)[C@@H](CNC(=O)c3ccc([Si](F)(C(C)(C)C)C(C)(C)C)cc3)NC(=O)CC[C@H](C(=O)O)N3CCN(CC(=O)O)CCN(CC(=O)O)CCN(CC(=O)O)CC3)cc12. The standard InChI is InChI=1S/C57H80FN11O14Si/c1-56(2,3)84(58,57(4,5)6)40-14-11-38(12-15-40)52(78)62-33-44(54(80)61-20-9-31-83-39-13-16-43-42(32-39)41(19-21-60-43)53(79)63-34-48(71)69-22-8-10-46(69)59-7)64-47(70)18-17-45(55(81)82)68-29-27-66(36-50(74)75)25-23-65(35-49(72)73)24-26-67(28-30-68)37-51(76)77/h11-16,19,21,32,44-46H,8-10,17-18,20,22-31,33-37H2,1-6H3,(H,61,80)(H,62,78)(H,63,79)(H,64,70)(H,72,73)(H,74,75)(H,76,77)(H,81,82)/t44-,45-,46+/m1/s1. The number of nitrogens with one attached hydrogen (secondary N) is 4. The van der Waals surface area contributed by atoms with Crippen molar-refractivity contribution in [3.63, 3.8) is 0 Å². The molecule has 0 unspecified atom stereocenters. The summed E-state index contributed by atoms with van der Waals surface area (Å²) in [6.45, 7) is 17.5. The van der Waals surface area contributed by atoms with Crippen LogP contribution in [0.25, 0.3) is 15.7 Å². The lowest BCUT2D eigenvalue weighted by Gasteiger charge is -2.44. The number of halogens is 1. The zero-order valence-corrected chi connectivity index (χ0v) is 49.7. The Hall–Kier alpha value is -7.64. The van der Waals surface area contributed by atoms with Gasteiger partial charge >= 0.3 is 30.0 Å². The molecule has 25 nitrogen and oxygen atoms in total. The van der Waals surface area contributed by atoms with Crippen LogP contribution in [0.4, 0.5) is 4.11 Å². The number of nitrogens with zero attached hydrogens (tertiary/aromatic N) is 7. The number of amides is 5. The molecule has 84 heavy (non-hydrogen) atoms. The third kappa shape index (κ3) is 19.2. The Morgan fingerprint density at radius 1 is 0.750 bits per heavy atom. The quantitative estimate of drug-likeness (QED) is 0.0261. The van der Waals surface area contributed by atoms with Gasteiger partial charge in [0.1, 0.15) is 17.8 Å². The van der Waals surface area contributed by atoms with Crippen molar-refractivity contribution in [1.29, 1.82) is 0 Å². The molecule has 3 heterocycles. The van der Waals surface area contributed by atoms with Gasteiger partial charge in [0.05, 0.1) is 43.9 Å². The zero-order chi connectivity index (χ0) is 61.9. The number of benzene rings is 2. The van der Waals surface area contributed by atoms with Gasteiger partial charge in [-0.1, -0.05) is 53.7 Å². The average Bonchev–Trinajstić information content (AvgIpc) is 1.40. The van der Waals surface area contributed by atoms with Gasteiger partial charge in [-0.25, -0.2) is 6.57 Å². The summed E-state index contributed by atoms with van der Waals surface area (Å²) < 4.78 is 23.1. The number of rotatable bonds is 25. The molecule has 0 radical (unpaired) electrons. The number of fused-ring (bicyclic) bond motifs is 1. The van der Waals surface area contributed by atoms with Crippen LogP contribution in [0, 0.1) is 6.57 Å². The molecule has 8 N–H and O–H groups in total. The first-order chi connectivity index (χ1) is 39.6. The number of hydrogen-bond donors (Lipinski definition) is 8. The maximum Gasteiger partial charge on any atom is 0.320 e. The molecular formula is C57H80FN11O14Si. The summed E-state index contributed by atoms with van der Waals surface area (Å²) in [6.07, 6.45) is 1.69. The predicted molar refractivity (Wildman–Crippen MR) is 310 cm³/mol. The van der Waals surface area contributed by atoms with Gasteiger partial charge in [-0.2, -0.15) is 0 Å². The van der Waals surface area contributed by atoms with Crippen molar-refractivity contribution in [2.24, 2.45) is 0 Å². The number of likely N-dealkylation sites (tertiary alicyclic amines) is 1. The van der Waals surface area contributed by atoms with Crippen molar-refractivity contribution in [2.45, 2.75) is 102 Å². The molecule has 2 saturated heterocycles. The van der Waals surface area contributed by atoms with Crippen LogP contribution in [0.2, 0.25) is 10.1 Å². The average molecular weight is 1190 g/mol. The monoisotopic (exact) mass is 1190 g/mol. The Bertz CT molecular complexity index is 2830. The van der Waals surface area contributed by atoms with Gasteiger partial charge in [-0.15, -0.1) is 0 Å². The number of ether oxygens (including phenoxy) is 1. The van der Waals surface area contributed by atoms with E-state index in [2.05, 4.69) is 31.1 Å². The fourth-order valence-corrected chi connectivity index (χ4v) is 15.4. The van der Waals surface area contributed by atoms with Crippen LogP contribution in [-0.4, -0.2) is 235 Å². The lowest BCUT2D eigenvalue weighted by Crippen LogP contribution is -2.57. The van der Waals surface area contributed by atoms with Crippen molar-refractivity contribution < 1.29 is 72.4 Å². The maximum atomic E-state index is 17.1. The number of aromatic nitrogens is 1. The number of carboxylic acid groups (broad SMARTS) is 4. The Balaban J connectivity index is 1.28. The molecule has 5 amide bonds. The highest BCUT2D eigenvalue weighted by atomic mass is 28.4. The third-order valence-electron chi connectivity index (χ3n) is 15.0. The smallest absolute Gasteiger partial charge is 0.320 e. The van der Waals surface area contributed by atoms with Gasteiger partial charge < -0.3 is 50.5 Å². The van der Waals surface area contributed by atoms with Crippen molar-refractivity contribution in [2.75, 3.05) is 105 Å². The van der Waals surface area contributed by atoms with E-state index in [-0.39, 0.29) is 108 Å². The molecule has 2 aliphatic heterocycles. The minimum Gasteiger partial charge on any atom is -0.494 e. The Kier molecular flexibility index (Phi) is 24.6. The molecule has 1 aromatic heterocycles. The molecule has 2 aliphatic rings. The second-order valence-corrected chi connectivity index (χ2v) is 28.0. The number of aliphatic carboxylic acids is 4. The number of carbonyl (C=O) groups is 9. The highest BCUT2D eigenvalue weighted by molar-refractivity contribution is 6.90. The van der Waals surface area contributed by atoms with Crippen molar-refractivity contribution in [3.05, 3.63) is 77.3 Å². The normalized spacial score (nSPS) is 17.1. The largest absolute Gasteiger partial charge is 0.494 e. The first kappa shape index (κ1) is 67.2. The van der Waals surface area contributed by atoms with Gasteiger partial charge in [0.2, 0.25) is 17.7 Å². The second-order valence-electron chi connectivity index (χ2n) is 23.1. The molecule has 0 spiro atoms. The van der Waals surface area contributed by atoms with E-state index in [4.69, 9.17) is 11.3 Å². The summed E-state index contributed by atoms with van der Waals surface area (Å²) in [4.78, 5) is 131. The molecule has 0 aliphatic carbocycles. The Morgan fingerprint density at radius 2 is 1.32 bits per heavy atom. The molecule has 5 rings (SSSR count). The van der Waals surface area contributed by atoms with Crippen LogP contribution >= 0.6 is 0 Å². The van der Waals surface area contributed by atoms with Gasteiger partial charge in [-0.05, 0) is 70.9 Å². The van der Waals surface area contributed by atoms with Crippen LogP contribution in [0.3, 0.4) is 0 Å². The molecule has 2 aromatic carbocycles. The van der Waals surface area contributed by atoms with Gasteiger partial charge in [0.15, 0.2) is 0 Å². The number of pyridine rings is 1. The topological polar surface area (TPSA) is 325 Å². The minimum atomic E-state index is -3.68. The van der Waals surface area contributed by atoms with E-state index in [0.29, 0.717) is 41.2 Å². The van der Waals surface area contributed by atoms with Crippen molar-refractivity contribution in [1.82, 2.24) is 50.8 Å². The molecule has 2 fully saturated rings. The predicted octanol–water partition coefficient (Wildman–Crippen LogP) is 2.06. The number of carbonyl (C=O) groups excluding carboxylic acids is 5. The van der Waals surface area contributed by atoms with E-state index >= 15 is 4.11 Å². The lowest BCUT2D eigenvalue weighted by atomic mass is 10.1. The molecule has 458 valence electrons. The molecule has 0 saturated carbocycles. The fraction of sp³-hybridized carbons (Fsp3) is 0.561. The van der Waals surface area contributed by atoms with Crippen LogP contribution in [0.5, 0.6) is 5.75 Å². The highest BCUT2D eigenvalue weighted by Crippen LogP contribution is 2.51. The van der Waals surface area contributed by atoms with E-state index in [0.717, 1.165) is 0 Å². The van der Waals surface area contributed by atoms with Gasteiger partial charge in [-0.3, -0.25) is 77.5 Å². The van der Waals surface area contributed by atoms with Crippen LogP contribution < -0.4 is 31.2 Å². The highest BCUT2D eigenvalue weighted by Gasteiger charge is 2.56. The second kappa shape index (κ2) is 30.8. The van der Waals surface area contributed by atoms with Crippen LogP contribution in [-0.2, 0) is 33.6 Å². The number of carboxylic acids is 4. The lowest BCUT2D eigenvalue weighted by molar-refractivity contribution is -0.145. The summed E-state index contributed by atoms with van der Waals surface area (Å²) in [5, 5.41) is 49.7. The molecule has 0 bridgehead atoms. The zero-order valence-electron chi connectivity index (χ0n) is 48.7. The van der Waals surface area contributed by atoms with E-state index < -0.39 is 110 Å². The molecule has 27 heteroatoms. The molecular weight excluding hydrogens is 1110 g/mol. The van der Waals surface area contributed by atoms with E-state index in [1.807, 2.05) is 41.5 Å². The van der Waals surface area contributed by atoms with E-state index in [1.165, 1.54) is 44.0 Å². The number of hydrogen-bond acceptors (Lipinski definition) is 15. The molecule has 3 aromatic rings. The first-order valence-electron chi connectivity index (χ1n) is 28.0. The van der Waals surface area contributed by atoms with E-state index in [9.17, 15) is 63.6 Å². The first-order valence-corrected chi connectivity index (χ1v) is 29.9.